The minimum absolute atomic E-state index is 0.104. The number of halogens is 4. The molecule has 0 radical (unpaired) electrons. The summed E-state index contributed by atoms with van der Waals surface area (Å²) in [4.78, 5) is 10.8. The van der Waals surface area contributed by atoms with Gasteiger partial charge < -0.3 is 5.11 Å². The molecule has 4 nitrogen and oxygen atoms in total. The number of nitrogens with zero attached hydrogens (tertiary/aromatic N) is 2. The fourth-order valence-corrected chi connectivity index (χ4v) is 1.92. The van der Waals surface area contributed by atoms with Gasteiger partial charge in [0.1, 0.15) is 11.6 Å². The Hall–Kier alpha value is -1.83. The van der Waals surface area contributed by atoms with Crippen molar-refractivity contribution in [3.8, 4) is 11.3 Å². The van der Waals surface area contributed by atoms with Crippen LogP contribution in [0.2, 0.25) is 0 Å². The van der Waals surface area contributed by atoms with E-state index in [1.54, 1.807) is 0 Å². The SMILES string of the molecule is Cn1nc(C(=O)O)cc1-c1c(F)cc(F)c(Br)c1F. The Morgan fingerprint density at radius 3 is 2.47 bits per heavy atom. The van der Waals surface area contributed by atoms with E-state index in [0.29, 0.717) is 6.07 Å². The van der Waals surface area contributed by atoms with Crippen molar-refractivity contribution in [2.24, 2.45) is 7.05 Å². The van der Waals surface area contributed by atoms with Crippen molar-refractivity contribution in [2.45, 2.75) is 0 Å². The summed E-state index contributed by atoms with van der Waals surface area (Å²) < 4.78 is 41.2. The normalized spacial score (nSPS) is 10.8. The van der Waals surface area contributed by atoms with Gasteiger partial charge in [0.2, 0.25) is 0 Å². The largest absolute Gasteiger partial charge is 0.476 e. The standard InChI is InChI=1S/C11H6BrF3N2O2/c1-17-7(3-6(16-17)11(18)19)8-4(13)2-5(14)9(12)10(8)15/h2-3H,1H3,(H,18,19). The first-order valence-corrected chi connectivity index (χ1v) is 5.73. The second-order valence-corrected chi connectivity index (χ2v) is 4.48. The minimum Gasteiger partial charge on any atom is -0.476 e. The molecule has 0 aliphatic heterocycles. The van der Waals surface area contributed by atoms with Gasteiger partial charge >= 0.3 is 5.97 Å². The molecule has 0 saturated heterocycles. The Morgan fingerprint density at radius 1 is 1.32 bits per heavy atom. The summed E-state index contributed by atoms with van der Waals surface area (Å²) in [5, 5.41) is 12.4. The minimum atomic E-state index is -1.33. The van der Waals surface area contributed by atoms with Gasteiger partial charge in [-0.05, 0) is 22.0 Å². The Bertz CT molecular complexity index is 685. The molecular weight excluding hydrogens is 329 g/mol. The number of aryl methyl sites for hydroxylation is 1. The van der Waals surface area contributed by atoms with Crippen molar-refractivity contribution >= 4 is 21.9 Å². The summed E-state index contributed by atoms with van der Waals surface area (Å²) in [5.41, 5.74) is -1.01. The molecule has 0 aliphatic rings. The molecule has 1 N–H and O–H groups in total. The van der Waals surface area contributed by atoms with Crippen LogP contribution in [-0.2, 0) is 7.05 Å². The van der Waals surface area contributed by atoms with Gasteiger partial charge in [-0.15, -0.1) is 0 Å². The van der Waals surface area contributed by atoms with Crippen LogP contribution in [-0.4, -0.2) is 20.9 Å². The number of carbonyl (C=O) groups is 1. The second-order valence-electron chi connectivity index (χ2n) is 3.69. The number of rotatable bonds is 2. The lowest BCUT2D eigenvalue weighted by Crippen LogP contribution is -2.01. The monoisotopic (exact) mass is 334 g/mol. The number of aromatic nitrogens is 2. The molecule has 0 amide bonds. The van der Waals surface area contributed by atoms with E-state index >= 15 is 0 Å². The number of benzene rings is 1. The molecule has 0 saturated carbocycles. The van der Waals surface area contributed by atoms with Gasteiger partial charge in [0.15, 0.2) is 11.5 Å². The molecule has 100 valence electrons. The lowest BCUT2D eigenvalue weighted by atomic mass is 10.1. The molecule has 1 heterocycles. The molecular formula is C11H6BrF3N2O2. The molecule has 0 unspecified atom stereocenters. The average Bonchev–Trinajstić information content (AvgIpc) is 2.69. The number of carboxylic acids is 1. The number of carboxylic acid groups (broad SMARTS) is 1. The first kappa shape index (κ1) is 13.6. The van der Waals surface area contributed by atoms with Crippen LogP contribution in [0.15, 0.2) is 16.6 Å². The Balaban J connectivity index is 2.72. The van der Waals surface area contributed by atoms with E-state index in [1.807, 2.05) is 0 Å². The zero-order valence-corrected chi connectivity index (χ0v) is 11.0. The molecule has 1 aromatic carbocycles. The van der Waals surface area contributed by atoms with Gasteiger partial charge in [0.25, 0.3) is 0 Å². The highest BCUT2D eigenvalue weighted by Gasteiger charge is 2.22. The summed E-state index contributed by atoms with van der Waals surface area (Å²) in [6.45, 7) is 0. The first-order valence-electron chi connectivity index (χ1n) is 4.93. The molecule has 0 aliphatic carbocycles. The van der Waals surface area contributed by atoms with Crippen LogP contribution in [0, 0.1) is 17.5 Å². The third kappa shape index (κ3) is 2.23. The van der Waals surface area contributed by atoms with E-state index in [2.05, 4.69) is 21.0 Å². The second kappa shape index (κ2) is 4.69. The van der Waals surface area contributed by atoms with Crippen LogP contribution >= 0.6 is 15.9 Å². The highest BCUT2D eigenvalue weighted by Crippen LogP contribution is 2.32. The Morgan fingerprint density at radius 2 is 1.95 bits per heavy atom. The predicted molar refractivity (Wildman–Crippen MR) is 63.2 cm³/mol. The van der Waals surface area contributed by atoms with Gasteiger partial charge in [-0.2, -0.15) is 5.10 Å². The molecule has 0 fully saturated rings. The summed E-state index contributed by atoms with van der Waals surface area (Å²) in [6, 6.07) is 1.52. The highest BCUT2D eigenvalue weighted by atomic mass is 79.9. The van der Waals surface area contributed by atoms with Crippen LogP contribution in [0.5, 0.6) is 0 Å². The Labute approximate surface area is 113 Å². The van der Waals surface area contributed by atoms with Crippen LogP contribution in [0.3, 0.4) is 0 Å². The molecule has 0 spiro atoms. The van der Waals surface area contributed by atoms with Crippen LogP contribution in [0.25, 0.3) is 11.3 Å². The fourth-order valence-electron chi connectivity index (χ4n) is 1.61. The first-order chi connectivity index (χ1) is 8.82. The van der Waals surface area contributed by atoms with Gasteiger partial charge in [0.05, 0.1) is 15.7 Å². The van der Waals surface area contributed by atoms with Crippen molar-refractivity contribution in [3.63, 3.8) is 0 Å². The van der Waals surface area contributed by atoms with E-state index < -0.39 is 33.5 Å². The lowest BCUT2D eigenvalue weighted by molar-refractivity contribution is 0.0689. The Kier molecular flexibility index (Phi) is 3.36. The van der Waals surface area contributed by atoms with Gasteiger partial charge in [0, 0.05) is 13.1 Å². The molecule has 8 heteroatoms. The highest BCUT2D eigenvalue weighted by molar-refractivity contribution is 9.10. The number of hydrogen-bond donors (Lipinski definition) is 1. The lowest BCUT2D eigenvalue weighted by Gasteiger charge is -2.07. The third-order valence-corrected chi connectivity index (χ3v) is 3.20. The summed E-state index contributed by atoms with van der Waals surface area (Å²) >= 11 is 2.66. The third-order valence-electron chi connectivity index (χ3n) is 2.47. The van der Waals surface area contributed by atoms with Crippen molar-refractivity contribution < 1.29 is 23.1 Å². The van der Waals surface area contributed by atoms with Crippen molar-refractivity contribution in [1.82, 2.24) is 9.78 Å². The smallest absolute Gasteiger partial charge is 0.356 e. The van der Waals surface area contributed by atoms with E-state index in [1.165, 1.54) is 7.05 Å². The maximum Gasteiger partial charge on any atom is 0.356 e. The quantitative estimate of drug-likeness (QED) is 0.678. The van der Waals surface area contributed by atoms with Gasteiger partial charge in [-0.3, -0.25) is 4.68 Å². The zero-order valence-electron chi connectivity index (χ0n) is 9.42. The van der Waals surface area contributed by atoms with Crippen molar-refractivity contribution in [3.05, 3.63) is 39.8 Å². The number of aromatic carboxylic acids is 1. The maximum absolute atomic E-state index is 13.9. The van der Waals surface area contributed by atoms with Gasteiger partial charge in [-0.1, -0.05) is 0 Å². The zero-order chi connectivity index (χ0) is 14.3. The fraction of sp³-hybridized carbons (Fsp3) is 0.0909. The molecule has 2 rings (SSSR count). The summed E-state index contributed by atoms with van der Waals surface area (Å²) in [7, 11) is 1.33. The molecule has 0 bridgehead atoms. The van der Waals surface area contributed by atoms with E-state index in [4.69, 9.17) is 5.11 Å². The van der Waals surface area contributed by atoms with E-state index in [0.717, 1.165) is 10.7 Å². The van der Waals surface area contributed by atoms with E-state index in [-0.39, 0.29) is 11.4 Å². The van der Waals surface area contributed by atoms with Gasteiger partial charge in [-0.25, -0.2) is 18.0 Å². The average molecular weight is 335 g/mol. The molecule has 1 aromatic heterocycles. The van der Waals surface area contributed by atoms with Crippen molar-refractivity contribution in [2.75, 3.05) is 0 Å². The summed E-state index contributed by atoms with van der Waals surface area (Å²) in [6.07, 6.45) is 0. The maximum atomic E-state index is 13.9. The van der Waals surface area contributed by atoms with E-state index in [9.17, 15) is 18.0 Å². The van der Waals surface area contributed by atoms with Crippen LogP contribution < -0.4 is 0 Å². The molecule has 0 atom stereocenters. The predicted octanol–water partition coefficient (Wildman–Crippen LogP) is 2.97. The van der Waals surface area contributed by atoms with Crippen LogP contribution in [0.4, 0.5) is 13.2 Å². The number of hydrogen-bond acceptors (Lipinski definition) is 2. The molecule has 2 aromatic rings. The van der Waals surface area contributed by atoms with Crippen molar-refractivity contribution in [1.29, 1.82) is 0 Å². The van der Waals surface area contributed by atoms with Crippen LogP contribution in [0.1, 0.15) is 10.5 Å². The molecule has 19 heavy (non-hydrogen) atoms. The topological polar surface area (TPSA) is 55.1 Å². The summed E-state index contributed by atoms with van der Waals surface area (Å²) in [5.74, 6) is -4.71.